The lowest BCUT2D eigenvalue weighted by Crippen LogP contribution is -2.36. The van der Waals surface area contributed by atoms with Crippen LogP contribution in [0.25, 0.3) is 0 Å². The molecule has 5 nitrogen and oxygen atoms in total. The van der Waals surface area contributed by atoms with Crippen LogP contribution >= 0.6 is 0 Å². The van der Waals surface area contributed by atoms with Crippen LogP contribution in [0.3, 0.4) is 0 Å². The summed E-state index contributed by atoms with van der Waals surface area (Å²) in [5.41, 5.74) is 5.71. The Morgan fingerprint density at radius 2 is 2.00 bits per heavy atom. The molecular weight excluding hydrogens is 254 g/mol. The first-order valence-corrected chi connectivity index (χ1v) is 7.48. The summed E-state index contributed by atoms with van der Waals surface area (Å²) in [5, 5.41) is 13.8. The van der Waals surface area contributed by atoms with Gasteiger partial charge in [0.25, 0.3) is 0 Å². The van der Waals surface area contributed by atoms with E-state index >= 15 is 0 Å². The van der Waals surface area contributed by atoms with Crippen LogP contribution in [0.15, 0.2) is 12.1 Å². The number of hydrogen-bond acceptors (Lipinski definition) is 5. The molecule has 4 N–H and O–H groups in total. The second kappa shape index (κ2) is 6.79. The van der Waals surface area contributed by atoms with Crippen molar-refractivity contribution in [3.8, 4) is 5.88 Å². The molecule has 2 rings (SSSR count). The van der Waals surface area contributed by atoms with E-state index in [1.807, 2.05) is 13.0 Å². The zero-order chi connectivity index (χ0) is 14.4. The summed E-state index contributed by atoms with van der Waals surface area (Å²) in [4.78, 5) is 4.33. The molecule has 20 heavy (non-hydrogen) atoms. The fourth-order valence-electron chi connectivity index (χ4n) is 2.62. The quantitative estimate of drug-likeness (QED) is 0.722. The number of nitrogens with one attached hydrogen (secondary N) is 1. The van der Waals surface area contributed by atoms with E-state index in [9.17, 15) is 5.11 Å². The molecular formula is C15H25N3O2. The molecule has 0 aromatic carbocycles. The summed E-state index contributed by atoms with van der Waals surface area (Å²) in [6.07, 6.45) is 6.34. The Morgan fingerprint density at radius 1 is 1.30 bits per heavy atom. The van der Waals surface area contributed by atoms with E-state index < -0.39 is 5.60 Å². The van der Waals surface area contributed by atoms with E-state index in [4.69, 9.17) is 10.5 Å². The van der Waals surface area contributed by atoms with Gasteiger partial charge in [-0.1, -0.05) is 25.7 Å². The Hall–Kier alpha value is -1.49. The maximum absolute atomic E-state index is 10.6. The molecule has 1 aliphatic carbocycles. The third kappa shape index (κ3) is 4.00. The zero-order valence-electron chi connectivity index (χ0n) is 12.2. The van der Waals surface area contributed by atoms with Gasteiger partial charge in [-0.3, -0.25) is 0 Å². The van der Waals surface area contributed by atoms with E-state index in [1.54, 1.807) is 6.07 Å². The standard InChI is InChI=1S/C15H25N3O2/c1-2-20-14-12(16)7-8-13(18-14)17-11-15(19)9-5-3-4-6-10-15/h7-8,19H,2-6,9-11,16H2,1H3,(H,17,18). The highest BCUT2D eigenvalue weighted by molar-refractivity contribution is 5.53. The predicted octanol–water partition coefficient (Wildman–Crippen LogP) is 2.56. The lowest BCUT2D eigenvalue weighted by atomic mass is 9.94. The number of aromatic nitrogens is 1. The molecule has 0 bridgehead atoms. The molecule has 0 amide bonds. The van der Waals surface area contributed by atoms with Gasteiger partial charge >= 0.3 is 0 Å². The van der Waals surface area contributed by atoms with Crippen molar-refractivity contribution < 1.29 is 9.84 Å². The first kappa shape index (κ1) is 14.9. The third-order valence-electron chi connectivity index (χ3n) is 3.80. The molecule has 0 spiro atoms. The summed E-state index contributed by atoms with van der Waals surface area (Å²) < 4.78 is 5.38. The number of nitrogens with zero attached hydrogens (tertiary/aromatic N) is 1. The molecule has 1 aliphatic rings. The Morgan fingerprint density at radius 3 is 2.65 bits per heavy atom. The molecule has 0 radical (unpaired) electrons. The van der Waals surface area contributed by atoms with Crippen LogP contribution < -0.4 is 15.8 Å². The molecule has 1 saturated carbocycles. The number of nitrogen functional groups attached to an aromatic ring is 1. The lowest BCUT2D eigenvalue weighted by molar-refractivity contribution is 0.0380. The number of hydrogen-bond donors (Lipinski definition) is 3. The van der Waals surface area contributed by atoms with E-state index in [2.05, 4.69) is 10.3 Å². The average Bonchev–Trinajstić information content (AvgIpc) is 2.65. The number of anilines is 2. The van der Waals surface area contributed by atoms with Gasteiger partial charge in [-0.2, -0.15) is 4.98 Å². The summed E-state index contributed by atoms with van der Waals surface area (Å²) in [6, 6.07) is 3.59. The van der Waals surface area contributed by atoms with Crippen LogP contribution in [0.4, 0.5) is 11.5 Å². The van der Waals surface area contributed by atoms with Gasteiger partial charge in [0.05, 0.1) is 17.9 Å². The largest absolute Gasteiger partial charge is 0.476 e. The van der Waals surface area contributed by atoms with Crippen molar-refractivity contribution in [2.24, 2.45) is 0 Å². The maximum atomic E-state index is 10.6. The van der Waals surface area contributed by atoms with E-state index in [0.717, 1.165) is 25.7 Å². The fraction of sp³-hybridized carbons (Fsp3) is 0.667. The molecule has 0 atom stereocenters. The average molecular weight is 279 g/mol. The smallest absolute Gasteiger partial charge is 0.239 e. The maximum Gasteiger partial charge on any atom is 0.239 e. The second-order valence-corrected chi connectivity index (χ2v) is 5.52. The van der Waals surface area contributed by atoms with Crippen LogP contribution in [0, 0.1) is 0 Å². The minimum absolute atomic E-state index is 0.449. The van der Waals surface area contributed by atoms with E-state index in [0.29, 0.717) is 30.5 Å². The van der Waals surface area contributed by atoms with Crippen molar-refractivity contribution in [2.75, 3.05) is 24.2 Å². The highest BCUT2D eigenvalue weighted by Crippen LogP contribution is 2.28. The highest BCUT2D eigenvalue weighted by Gasteiger charge is 2.27. The van der Waals surface area contributed by atoms with Crippen LogP contribution in [0.5, 0.6) is 5.88 Å². The Labute approximate surface area is 120 Å². The second-order valence-electron chi connectivity index (χ2n) is 5.52. The molecule has 0 saturated heterocycles. The Kier molecular flexibility index (Phi) is 5.06. The van der Waals surface area contributed by atoms with E-state index in [1.165, 1.54) is 12.8 Å². The number of pyridine rings is 1. The highest BCUT2D eigenvalue weighted by atomic mass is 16.5. The zero-order valence-corrected chi connectivity index (χ0v) is 12.2. The molecule has 0 unspecified atom stereocenters. The first-order chi connectivity index (χ1) is 9.63. The number of ether oxygens (including phenoxy) is 1. The van der Waals surface area contributed by atoms with Gasteiger partial charge in [0.1, 0.15) is 5.82 Å². The molecule has 1 aromatic rings. The molecule has 1 fully saturated rings. The summed E-state index contributed by atoms with van der Waals surface area (Å²) in [7, 11) is 0. The molecule has 5 heteroatoms. The van der Waals surface area contributed by atoms with Gasteiger partial charge in [0.2, 0.25) is 5.88 Å². The van der Waals surface area contributed by atoms with Gasteiger partial charge in [-0.15, -0.1) is 0 Å². The van der Waals surface area contributed by atoms with Gasteiger partial charge in [-0.25, -0.2) is 0 Å². The van der Waals surface area contributed by atoms with Gasteiger partial charge in [0, 0.05) is 6.54 Å². The van der Waals surface area contributed by atoms with Crippen molar-refractivity contribution in [2.45, 2.75) is 51.0 Å². The Balaban J connectivity index is 1.97. The van der Waals surface area contributed by atoms with Gasteiger partial charge in [0.15, 0.2) is 0 Å². The van der Waals surface area contributed by atoms with E-state index in [-0.39, 0.29) is 0 Å². The molecule has 1 heterocycles. The van der Waals surface area contributed by atoms with Crippen LogP contribution in [0.1, 0.15) is 45.4 Å². The van der Waals surface area contributed by atoms with Crippen molar-refractivity contribution in [1.82, 2.24) is 4.98 Å². The van der Waals surface area contributed by atoms with Crippen LogP contribution in [0.2, 0.25) is 0 Å². The molecule has 0 aliphatic heterocycles. The fourth-order valence-corrected chi connectivity index (χ4v) is 2.62. The lowest BCUT2D eigenvalue weighted by Gasteiger charge is -2.27. The summed E-state index contributed by atoms with van der Waals surface area (Å²) >= 11 is 0. The number of rotatable bonds is 5. The van der Waals surface area contributed by atoms with Crippen molar-refractivity contribution in [3.05, 3.63) is 12.1 Å². The van der Waals surface area contributed by atoms with Crippen molar-refractivity contribution >= 4 is 11.5 Å². The normalized spacial score (nSPS) is 18.3. The SMILES string of the molecule is CCOc1nc(NCC2(O)CCCCCC2)ccc1N. The van der Waals surface area contributed by atoms with Gasteiger partial charge in [-0.05, 0) is 31.9 Å². The number of nitrogens with two attached hydrogens (primary N) is 1. The summed E-state index contributed by atoms with van der Waals surface area (Å²) in [6.45, 7) is 2.95. The topological polar surface area (TPSA) is 80.4 Å². The third-order valence-corrected chi connectivity index (χ3v) is 3.80. The first-order valence-electron chi connectivity index (χ1n) is 7.48. The van der Waals surface area contributed by atoms with Crippen LogP contribution in [-0.4, -0.2) is 28.8 Å². The number of aliphatic hydroxyl groups is 1. The minimum Gasteiger partial charge on any atom is -0.476 e. The molecule has 112 valence electrons. The minimum atomic E-state index is -0.620. The summed E-state index contributed by atoms with van der Waals surface area (Å²) in [5.74, 6) is 1.14. The monoisotopic (exact) mass is 279 g/mol. The predicted molar refractivity (Wildman–Crippen MR) is 81.0 cm³/mol. The Bertz CT molecular complexity index is 429. The molecule has 1 aromatic heterocycles. The van der Waals surface area contributed by atoms with Crippen molar-refractivity contribution in [3.63, 3.8) is 0 Å². The van der Waals surface area contributed by atoms with Gasteiger partial charge < -0.3 is 20.9 Å². The van der Waals surface area contributed by atoms with Crippen LogP contribution in [-0.2, 0) is 0 Å². The van der Waals surface area contributed by atoms with Crippen molar-refractivity contribution in [1.29, 1.82) is 0 Å².